The molecule has 0 bridgehead atoms. The van der Waals surface area contributed by atoms with Gasteiger partial charge in [0, 0.05) is 22.5 Å². The third-order valence-electron chi connectivity index (χ3n) is 3.91. The molecule has 1 aliphatic rings. The SMILES string of the molecule is CC(NC(N)=NCC1CCCC1O)c1ccc(Cl)cc1Cl. The van der Waals surface area contributed by atoms with E-state index in [0.29, 0.717) is 22.5 Å². The van der Waals surface area contributed by atoms with E-state index >= 15 is 0 Å². The molecule has 0 saturated heterocycles. The Bertz CT molecular complexity index is 522. The minimum atomic E-state index is -0.246. The molecule has 4 nitrogen and oxygen atoms in total. The van der Waals surface area contributed by atoms with E-state index < -0.39 is 0 Å². The highest BCUT2D eigenvalue weighted by Gasteiger charge is 2.24. The first kappa shape index (κ1) is 16.4. The van der Waals surface area contributed by atoms with Gasteiger partial charge in [0.05, 0.1) is 12.1 Å². The first-order valence-electron chi connectivity index (χ1n) is 7.17. The van der Waals surface area contributed by atoms with Gasteiger partial charge in [-0.2, -0.15) is 0 Å². The summed E-state index contributed by atoms with van der Waals surface area (Å²) in [7, 11) is 0. The summed E-state index contributed by atoms with van der Waals surface area (Å²) in [6.07, 6.45) is 2.69. The van der Waals surface area contributed by atoms with E-state index in [1.807, 2.05) is 13.0 Å². The smallest absolute Gasteiger partial charge is 0.189 e. The van der Waals surface area contributed by atoms with Crippen LogP contribution in [-0.2, 0) is 0 Å². The first-order chi connectivity index (χ1) is 9.97. The summed E-state index contributed by atoms with van der Waals surface area (Å²) in [6.45, 7) is 2.52. The van der Waals surface area contributed by atoms with Gasteiger partial charge in [-0.15, -0.1) is 0 Å². The number of nitrogens with zero attached hydrogens (tertiary/aromatic N) is 1. The van der Waals surface area contributed by atoms with Crippen molar-refractivity contribution in [3.63, 3.8) is 0 Å². The van der Waals surface area contributed by atoms with Crippen molar-refractivity contribution in [2.45, 2.75) is 38.3 Å². The Hall–Kier alpha value is -0.970. The number of hydrogen-bond donors (Lipinski definition) is 3. The lowest BCUT2D eigenvalue weighted by atomic mass is 10.1. The number of aliphatic imine (C=N–C) groups is 1. The Morgan fingerprint density at radius 2 is 2.24 bits per heavy atom. The fourth-order valence-electron chi connectivity index (χ4n) is 2.64. The van der Waals surface area contributed by atoms with Gasteiger partial charge < -0.3 is 16.2 Å². The topological polar surface area (TPSA) is 70.6 Å². The summed E-state index contributed by atoms with van der Waals surface area (Å²) in [6, 6.07) is 5.31. The fraction of sp³-hybridized carbons (Fsp3) is 0.533. The first-order valence-corrected chi connectivity index (χ1v) is 7.92. The van der Waals surface area contributed by atoms with Gasteiger partial charge in [-0.1, -0.05) is 35.7 Å². The van der Waals surface area contributed by atoms with Crippen LogP contribution in [0.4, 0.5) is 0 Å². The Balaban J connectivity index is 1.93. The number of hydrogen-bond acceptors (Lipinski definition) is 2. The third kappa shape index (κ3) is 4.50. The van der Waals surface area contributed by atoms with Crippen molar-refractivity contribution in [1.82, 2.24) is 5.32 Å². The summed E-state index contributed by atoms with van der Waals surface area (Å²) in [5, 5.41) is 14.1. The van der Waals surface area contributed by atoms with Gasteiger partial charge in [-0.05, 0) is 37.5 Å². The number of guanidine groups is 1. The average molecular weight is 330 g/mol. The lowest BCUT2D eigenvalue weighted by Gasteiger charge is -2.17. The van der Waals surface area contributed by atoms with Crippen LogP contribution in [0.1, 0.15) is 37.8 Å². The lowest BCUT2D eigenvalue weighted by Crippen LogP contribution is -2.34. The molecule has 6 heteroatoms. The standard InChI is InChI=1S/C15H21Cl2N3O/c1-9(12-6-5-11(16)7-13(12)17)20-15(18)19-8-10-3-2-4-14(10)21/h5-7,9-10,14,21H,2-4,8H2,1H3,(H3,18,19,20). The summed E-state index contributed by atoms with van der Waals surface area (Å²) < 4.78 is 0. The van der Waals surface area contributed by atoms with Crippen molar-refractivity contribution in [3.05, 3.63) is 33.8 Å². The molecule has 0 radical (unpaired) electrons. The molecule has 21 heavy (non-hydrogen) atoms. The van der Waals surface area contributed by atoms with Crippen LogP contribution in [0.2, 0.25) is 10.0 Å². The molecule has 3 unspecified atom stereocenters. The fourth-order valence-corrected chi connectivity index (χ4v) is 3.22. The highest BCUT2D eigenvalue weighted by Crippen LogP contribution is 2.27. The van der Waals surface area contributed by atoms with Crippen molar-refractivity contribution >= 4 is 29.2 Å². The van der Waals surface area contributed by atoms with Crippen LogP contribution in [0.25, 0.3) is 0 Å². The van der Waals surface area contributed by atoms with Gasteiger partial charge in [-0.3, -0.25) is 4.99 Å². The molecule has 0 spiro atoms. The second-order valence-electron chi connectivity index (χ2n) is 5.52. The van der Waals surface area contributed by atoms with Crippen LogP contribution in [-0.4, -0.2) is 23.7 Å². The molecule has 1 aromatic carbocycles. The van der Waals surface area contributed by atoms with E-state index in [0.717, 1.165) is 24.8 Å². The monoisotopic (exact) mass is 329 g/mol. The highest BCUT2D eigenvalue weighted by atomic mass is 35.5. The minimum absolute atomic E-state index is 0.0629. The Kier molecular flexibility index (Phi) is 5.73. The highest BCUT2D eigenvalue weighted by molar-refractivity contribution is 6.35. The quantitative estimate of drug-likeness (QED) is 0.587. The van der Waals surface area contributed by atoms with Gasteiger partial charge in [-0.25, -0.2) is 0 Å². The van der Waals surface area contributed by atoms with E-state index in [1.54, 1.807) is 12.1 Å². The van der Waals surface area contributed by atoms with Crippen LogP contribution in [0.5, 0.6) is 0 Å². The van der Waals surface area contributed by atoms with Gasteiger partial charge >= 0.3 is 0 Å². The molecule has 0 aromatic heterocycles. The zero-order chi connectivity index (χ0) is 15.4. The lowest BCUT2D eigenvalue weighted by molar-refractivity contribution is 0.136. The van der Waals surface area contributed by atoms with Crippen molar-refractivity contribution in [1.29, 1.82) is 0 Å². The van der Waals surface area contributed by atoms with E-state index in [-0.39, 0.29) is 18.1 Å². The zero-order valence-corrected chi connectivity index (χ0v) is 13.5. The third-order valence-corrected chi connectivity index (χ3v) is 4.47. The number of aliphatic hydroxyl groups is 1. The average Bonchev–Trinajstić information content (AvgIpc) is 2.81. The van der Waals surface area contributed by atoms with Crippen molar-refractivity contribution in [2.24, 2.45) is 16.6 Å². The molecule has 116 valence electrons. The van der Waals surface area contributed by atoms with Crippen LogP contribution >= 0.6 is 23.2 Å². The number of aliphatic hydroxyl groups excluding tert-OH is 1. The molecular weight excluding hydrogens is 309 g/mol. The second kappa shape index (κ2) is 7.34. The van der Waals surface area contributed by atoms with Crippen LogP contribution < -0.4 is 11.1 Å². The molecule has 3 atom stereocenters. The van der Waals surface area contributed by atoms with Crippen LogP contribution in [0, 0.1) is 5.92 Å². The second-order valence-corrected chi connectivity index (χ2v) is 6.36. The number of nitrogens with two attached hydrogens (primary N) is 1. The maximum absolute atomic E-state index is 9.76. The van der Waals surface area contributed by atoms with E-state index in [1.165, 1.54) is 0 Å². The Morgan fingerprint density at radius 3 is 2.86 bits per heavy atom. The summed E-state index contributed by atoms with van der Waals surface area (Å²) in [5.41, 5.74) is 6.82. The molecule has 2 rings (SSSR count). The normalized spacial score (nSPS) is 24.1. The largest absolute Gasteiger partial charge is 0.393 e. The molecule has 1 aromatic rings. The summed E-state index contributed by atoms with van der Waals surface area (Å²) in [5.74, 6) is 0.590. The summed E-state index contributed by atoms with van der Waals surface area (Å²) >= 11 is 12.1. The van der Waals surface area contributed by atoms with Gasteiger partial charge in [0.15, 0.2) is 5.96 Å². The van der Waals surface area contributed by atoms with Crippen molar-refractivity contribution < 1.29 is 5.11 Å². The number of rotatable bonds is 4. The van der Waals surface area contributed by atoms with Crippen LogP contribution in [0.15, 0.2) is 23.2 Å². The maximum atomic E-state index is 9.76. The predicted molar refractivity (Wildman–Crippen MR) is 87.8 cm³/mol. The Labute approximate surface area is 135 Å². The summed E-state index contributed by atoms with van der Waals surface area (Å²) in [4.78, 5) is 4.32. The van der Waals surface area contributed by atoms with Gasteiger partial charge in [0.2, 0.25) is 0 Å². The van der Waals surface area contributed by atoms with Crippen LogP contribution in [0.3, 0.4) is 0 Å². The molecular formula is C15H21Cl2N3O. The molecule has 0 aliphatic heterocycles. The van der Waals surface area contributed by atoms with E-state index in [2.05, 4.69) is 10.3 Å². The zero-order valence-electron chi connectivity index (χ0n) is 12.0. The van der Waals surface area contributed by atoms with Crippen molar-refractivity contribution in [3.8, 4) is 0 Å². The molecule has 0 amide bonds. The number of halogens is 2. The molecule has 1 fully saturated rings. The van der Waals surface area contributed by atoms with Gasteiger partial charge in [0.25, 0.3) is 0 Å². The van der Waals surface area contributed by atoms with Gasteiger partial charge in [0.1, 0.15) is 0 Å². The van der Waals surface area contributed by atoms with E-state index in [9.17, 15) is 5.11 Å². The van der Waals surface area contributed by atoms with Crippen molar-refractivity contribution in [2.75, 3.05) is 6.54 Å². The molecule has 0 heterocycles. The molecule has 4 N–H and O–H groups in total. The minimum Gasteiger partial charge on any atom is -0.393 e. The Morgan fingerprint density at radius 1 is 1.48 bits per heavy atom. The number of nitrogens with one attached hydrogen (secondary N) is 1. The predicted octanol–water partition coefficient (Wildman–Crippen LogP) is 3.12. The van der Waals surface area contributed by atoms with E-state index in [4.69, 9.17) is 28.9 Å². The number of benzene rings is 1. The molecule has 1 saturated carbocycles. The maximum Gasteiger partial charge on any atom is 0.189 e. The molecule has 1 aliphatic carbocycles.